The summed E-state index contributed by atoms with van der Waals surface area (Å²) in [6.45, 7) is 2.23. The minimum atomic E-state index is -4.60. The van der Waals surface area contributed by atoms with Gasteiger partial charge in [0, 0.05) is 42.5 Å². The van der Waals surface area contributed by atoms with Gasteiger partial charge in [0.1, 0.15) is 5.75 Å². The molecule has 2 aliphatic rings. The monoisotopic (exact) mass is 558 g/mol. The lowest BCUT2D eigenvalue weighted by Gasteiger charge is -2.45. The number of methoxy groups -OCH3 is 1. The molecule has 0 saturated carbocycles. The number of ether oxygens (including phenoxy) is 1. The third-order valence-corrected chi connectivity index (χ3v) is 7.15. The van der Waals surface area contributed by atoms with Crippen LogP contribution in [0.15, 0.2) is 71.7 Å². The van der Waals surface area contributed by atoms with Gasteiger partial charge in [-0.1, -0.05) is 35.9 Å². The number of hydrogen-bond donors (Lipinski definition) is 1. The van der Waals surface area contributed by atoms with Crippen LogP contribution in [0, 0.1) is 0 Å². The summed E-state index contributed by atoms with van der Waals surface area (Å²) in [5.41, 5.74) is 1.40. The van der Waals surface area contributed by atoms with Crippen molar-refractivity contribution >= 4 is 40.6 Å². The number of carbonyl (C=O) groups is 1. The fourth-order valence-corrected chi connectivity index (χ4v) is 5.25. The maximum Gasteiger partial charge on any atom is 0.416 e. The predicted octanol–water partition coefficient (Wildman–Crippen LogP) is 6.21. The summed E-state index contributed by atoms with van der Waals surface area (Å²) in [7, 11) is 1.37. The second-order valence-corrected chi connectivity index (χ2v) is 9.73. The molecule has 7 nitrogen and oxygen atoms in total. The second kappa shape index (κ2) is 10.7. The van der Waals surface area contributed by atoms with Crippen molar-refractivity contribution in [2.45, 2.75) is 18.6 Å². The van der Waals surface area contributed by atoms with E-state index >= 15 is 0 Å². The number of hydrogen-bond acceptors (Lipinski definition) is 6. The van der Waals surface area contributed by atoms with Crippen molar-refractivity contribution in [3.8, 4) is 5.75 Å². The van der Waals surface area contributed by atoms with Crippen LogP contribution in [0.3, 0.4) is 0 Å². The Morgan fingerprint density at radius 3 is 2.41 bits per heavy atom. The highest BCUT2D eigenvalue weighted by Gasteiger charge is 2.39. The number of rotatable bonds is 5. The van der Waals surface area contributed by atoms with Crippen molar-refractivity contribution in [3.63, 3.8) is 0 Å². The zero-order valence-electron chi connectivity index (χ0n) is 21.0. The summed E-state index contributed by atoms with van der Waals surface area (Å²) in [5.74, 6) is -0.524. The lowest BCUT2D eigenvalue weighted by molar-refractivity contribution is -0.138. The predicted molar refractivity (Wildman–Crippen MR) is 144 cm³/mol. The summed E-state index contributed by atoms with van der Waals surface area (Å²) in [5, 5.41) is 10.5. The Balaban J connectivity index is 1.59. The van der Waals surface area contributed by atoms with Gasteiger partial charge in [0.2, 0.25) is 5.96 Å². The van der Waals surface area contributed by atoms with Gasteiger partial charge in [0.15, 0.2) is 0 Å². The van der Waals surface area contributed by atoms with E-state index in [2.05, 4.69) is 4.90 Å². The fraction of sp³-hybridized carbons (Fsp3) is 0.286. The molecule has 204 valence electrons. The van der Waals surface area contributed by atoms with Crippen LogP contribution in [-0.2, 0) is 11.0 Å². The molecule has 1 atom stereocenters. The number of anilines is 2. The first-order valence-corrected chi connectivity index (χ1v) is 12.7. The van der Waals surface area contributed by atoms with Crippen molar-refractivity contribution in [1.82, 2.24) is 4.90 Å². The smallest absolute Gasteiger partial charge is 0.416 e. The number of aliphatic imine (C=N–C) groups is 1. The number of carboxylic acids is 1. The first kappa shape index (κ1) is 26.7. The molecule has 3 aromatic rings. The van der Waals surface area contributed by atoms with Gasteiger partial charge < -0.3 is 24.5 Å². The van der Waals surface area contributed by atoms with Crippen LogP contribution < -0.4 is 14.5 Å². The average Bonchev–Trinajstić information content (AvgIpc) is 2.92. The van der Waals surface area contributed by atoms with Gasteiger partial charge in [-0.25, -0.2) is 4.99 Å². The molecule has 0 bridgehead atoms. The molecule has 5 rings (SSSR count). The molecule has 1 saturated heterocycles. The third-order valence-electron chi connectivity index (χ3n) is 6.91. The highest BCUT2D eigenvalue weighted by atomic mass is 35.5. The number of halogens is 4. The number of benzene rings is 3. The van der Waals surface area contributed by atoms with E-state index in [1.165, 1.54) is 13.2 Å². The van der Waals surface area contributed by atoms with Gasteiger partial charge in [-0.3, -0.25) is 4.79 Å². The molecule has 0 aliphatic carbocycles. The molecule has 11 heteroatoms. The summed E-state index contributed by atoms with van der Waals surface area (Å²) in [4.78, 5) is 22.6. The summed E-state index contributed by atoms with van der Waals surface area (Å²) >= 11 is 6.18. The van der Waals surface area contributed by atoms with Gasteiger partial charge in [0.05, 0.1) is 36.5 Å². The standard InChI is InChI=1S/C28H26ClF3N4O3/c1-39-25-10-9-18(28(30,31)32)15-24(25)36-23(17-26(37)38)21-7-2-3-8-22(21)33-27(36)35-13-11-34(12-14-35)20-6-4-5-19(29)16-20/h2-10,15-16,23H,11-14,17H2,1H3,(H,37,38). The Labute approximate surface area is 228 Å². The van der Waals surface area contributed by atoms with Gasteiger partial charge in [-0.2, -0.15) is 13.2 Å². The van der Waals surface area contributed by atoms with E-state index in [1.54, 1.807) is 35.2 Å². The number of para-hydroxylation sites is 1. The average molecular weight is 559 g/mol. The van der Waals surface area contributed by atoms with Crippen LogP contribution in [0.1, 0.15) is 23.6 Å². The van der Waals surface area contributed by atoms with Crippen molar-refractivity contribution in [1.29, 1.82) is 0 Å². The largest absolute Gasteiger partial charge is 0.495 e. The van der Waals surface area contributed by atoms with Crippen LogP contribution in [0.4, 0.5) is 30.2 Å². The number of aliphatic carboxylic acids is 1. The van der Waals surface area contributed by atoms with Crippen LogP contribution in [0.25, 0.3) is 0 Å². The zero-order valence-corrected chi connectivity index (χ0v) is 21.8. The normalized spacial score (nSPS) is 17.5. The molecule has 39 heavy (non-hydrogen) atoms. The highest BCUT2D eigenvalue weighted by molar-refractivity contribution is 6.30. The first-order chi connectivity index (χ1) is 18.7. The van der Waals surface area contributed by atoms with Gasteiger partial charge in [-0.15, -0.1) is 0 Å². The summed E-state index contributed by atoms with van der Waals surface area (Å²) in [6.07, 6.45) is -4.95. The number of carboxylic acid groups (broad SMARTS) is 1. The number of guanidine groups is 1. The number of alkyl halides is 3. The van der Waals surface area contributed by atoms with Gasteiger partial charge in [-0.05, 0) is 42.5 Å². The molecule has 0 amide bonds. The molecule has 2 heterocycles. The Bertz CT molecular complexity index is 1410. The fourth-order valence-electron chi connectivity index (χ4n) is 5.07. The Morgan fingerprint density at radius 1 is 1.03 bits per heavy atom. The van der Waals surface area contributed by atoms with Crippen molar-refractivity contribution in [2.75, 3.05) is 43.1 Å². The Kier molecular flexibility index (Phi) is 7.31. The first-order valence-electron chi connectivity index (χ1n) is 12.3. The van der Waals surface area contributed by atoms with E-state index in [0.717, 1.165) is 17.8 Å². The maximum atomic E-state index is 13.8. The number of fused-ring (bicyclic) bond motifs is 1. The van der Waals surface area contributed by atoms with Crippen LogP contribution in [-0.4, -0.2) is 55.2 Å². The van der Waals surface area contributed by atoms with Crippen molar-refractivity contribution in [3.05, 3.63) is 82.9 Å². The lowest BCUT2D eigenvalue weighted by Crippen LogP contribution is -2.55. The zero-order chi connectivity index (χ0) is 27.7. The van der Waals surface area contributed by atoms with Gasteiger partial charge in [0.25, 0.3) is 0 Å². The maximum absolute atomic E-state index is 13.8. The van der Waals surface area contributed by atoms with E-state index in [9.17, 15) is 23.1 Å². The van der Waals surface area contributed by atoms with Crippen molar-refractivity contribution in [2.24, 2.45) is 4.99 Å². The molecular formula is C28H26ClF3N4O3. The third kappa shape index (κ3) is 5.47. The molecule has 0 aromatic heterocycles. The summed E-state index contributed by atoms with van der Waals surface area (Å²) < 4.78 is 46.9. The van der Waals surface area contributed by atoms with Crippen LogP contribution in [0.5, 0.6) is 5.75 Å². The second-order valence-electron chi connectivity index (χ2n) is 9.29. The molecule has 1 unspecified atom stereocenters. The molecule has 3 aromatic carbocycles. The minimum Gasteiger partial charge on any atom is -0.495 e. The quantitative estimate of drug-likeness (QED) is 0.401. The molecule has 0 radical (unpaired) electrons. The molecule has 1 fully saturated rings. The van der Waals surface area contributed by atoms with E-state index in [0.29, 0.717) is 48.4 Å². The van der Waals surface area contributed by atoms with E-state index in [1.807, 2.05) is 23.1 Å². The highest BCUT2D eigenvalue weighted by Crippen LogP contribution is 2.45. The topological polar surface area (TPSA) is 68.6 Å². The number of nitrogens with zero attached hydrogens (tertiary/aromatic N) is 4. The minimum absolute atomic E-state index is 0.101. The molecule has 1 N–H and O–H groups in total. The SMILES string of the molecule is COc1ccc(C(F)(F)F)cc1N1C(N2CCN(c3cccc(Cl)c3)CC2)=Nc2ccccc2C1CC(=O)O. The molecule has 2 aliphatic heterocycles. The molecule has 0 spiro atoms. The Morgan fingerprint density at radius 2 is 1.74 bits per heavy atom. The summed E-state index contributed by atoms with van der Waals surface area (Å²) in [6, 6.07) is 17.0. The molecular weight excluding hydrogens is 533 g/mol. The van der Waals surface area contributed by atoms with Crippen LogP contribution >= 0.6 is 11.6 Å². The van der Waals surface area contributed by atoms with E-state index in [-0.39, 0.29) is 17.9 Å². The van der Waals surface area contributed by atoms with Gasteiger partial charge >= 0.3 is 12.1 Å². The lowest BCUT2D eigenvalue weighted by atomic mass is 9.97. The van der Waals surface area contributed by atoms with E-state index < -0.39 is 23.8 Å². The Hall–Kier alpha value is -3.92. The van der Waals surface area contributed by atoms with E-state index in [4.69, 9.17) is 21.3 Å². The number of piperazine rings is 1. The van der Waals surface area contributed by atoms with Crippen molar-refractivity contribution < 1.29 is 27.8 Å². The van der Waals surface area contributed by atoms with Crippen LogP contribution in [0.2, 0.25) is 5.02 Å².